The average Bonchev–Trinajstić information content (AvgIpc) is 2.33. The fourth-order valence-electron chi connectivity index (χ4n) is 1.97. The summed E-state index contributed by atoms with van der Waals surface area (Å²) in [4.78, 5) is 14.0. The van der Waals surface area contributed by atoms with Crippen LogP contribution in [0.25, 0.3) is 0 Å². The van der Waals surface area contributed by atoms with Crippen LogP contribution in [0, 0.1) is 5.41 Å². The normalized spacial score (nSPS) is 13.1. The zero-order chi connectivity index (χ0) is 14.6. The van der Waals surface area contributed by atoms with E-state index in [-0.39, 0.29) is 17.4 Å². The highest BCUT2D eigenvalue weighted by Crippen LogP contribution is 2.23. The number of rotatable bonds is 4. The molecule has 0 radical (unpaired) electrons. The minimum absolute atomic E-state index is 0.0988. The summed E-state index contributed by atoms with van der Waals surface area (Å²) in [7, 11) is 1.89. The molecule has 19 heavy (non-hydrogen) atoms. The lowest BCUT2D eigenvalue weighted by molar-refractivity contribution is -0.133. The molecular formula is C16H26N2O. The van der Waals surface area contributed by atoms with E-state index in [2.05, 4.69) is 27.7 Å². The van der Waals surface area contributed by atoms with Gasteiger partial charge in [0.15, 0.2) is 0 Å². The van der Waals surface area contributed by atoms with Gasteiger partial charge in [0.05, 0.1) is 0 Å². The highest BCUT2D eigenvalue weighted by molar-refractivity contribution is 5.76. The maximum absolute atomic E-state index is 12.2. The fraction of sp³-hybridized carbons (Fsp3) is 0.562. The lowest BCUT2D eigenvalue weighted by Gasteiger charge is -2.35. The number of carbonyl (C=O) groups is 1. The van der Waals surface area contributed by atoms with Crippen molar-refractivity contribution in [3.8, 4) is 0 Å². The zero-order valence-corrected chi connectivity index (χ0v) is 12.7. The van der Waals surface area contributed by atoms with Crippen molar-refractivity contribution >= 4 is 11.6 Å². The largest absolute Gasteiger partial charge is 0.399 e. The van der Waals surface area contributed by atoms with E-state index in [0.717, 1.165) is 17.7 Å². The molecule has 0 bridgehead atoms. The molecular weight excluding hydrogens is 236 g/mol. The molecule has 0 fully saturated rings. The van der Waals surface area contributed by atoms with Crippen LogP contribution >= 0.6 is 0 Å². The van der Waals surface area contributed by atoms with Crippen LogP contribution in [-0.2, 0) is 11.2 Å². The highest BCUT2D eigenvalue weighted by atomic mass is 16.2. The molecule has 3 heteroatoms. The summed E-state index contributed by atoms with van der Waals surface area (Å²) in [6.45, 7) is 8.55. The zero-order valence-electron chi connectivity index (χ0n) is 12.7. The van der Waals surface area contributed by atoms with Crippen molar-refractivity contribution in [1.29, 1.82) is 0 Å². The molecule has 0 saturated heterocycles. The van der Waals surface area contributed by atoms with Crippen molar-refractivity contribution in [2.45, 2.75) is 46.6 Å². The van der Waals surface area contributed by atoms with Gasteiger partial charge in [-0.05, 0) is 36.5 Å². The van der Waals surface area contributed by atoms with E-state index in [1.165, 1.54) is 0 Å². The van der Waals surface area contributed by atoms with E-state index < -0.39 is 0 Å². The van der Waals surface area contributed by atoms with Crippen molar-refractivity contribution in [3.05, 3.63) is 29.8 Å². The van der Waals surface area contributed by atoms with Gasteiger partial charge in [-0.2, -0.15) is 0 Å². The summed E-state index contributed by atoms with van der Waals surface area (Å²) >= 11 is 0. The summed E-state index contributed by atoms with van der Waals surface area (Å²) < 4.78 is 0. The van der Waals surface area contributed by atoms with Crippen LogP contribution in [0.15, 0.2) is 24.3 Å². The topological polar surface area (TPSA) is 46.3 Å². The summed E-state index contributed by atoms with van der Waals surface area (Å²) in [6, 6.07) is 7.95. The summed E-state index contributed by atoms with van der Waals surface area (Å²) in [5.41, 5.74) is 7.70. The quantitative estimate of drug-likeness (QED) is 0.848. The number of hydrogen-bond acceptors (Lipinski definition) is 2. The van der Waals surface area contributed by atoms with Crippen LogP contribution in [0.3, 0.4) is 0 Å². The van der Waals surface area contributed by atoms with E-state index in [1.54, 1.807) is 0 Å². The molecule has 0 heterocycles. The molecule has 1 amide bonds. The van der Waals surface area contributed by atoms with Gasteiger partial charge in [0, 0.05) is 25.2 Å². The Hall–Kier alpha value is -1.51. The molecule has 0 aliphatic carbocycles. The number of aryl methyl sites for hydroxylation is 1. The number of anilines is 1. The predicted molar refractivity (Wildman–Crippen MR) is 80.9 cm³/mol. The highest BCUT2D eigenvalue weighted by Gasteiger charge is 2.26. The number of amides is 1. The number of nitrogens with zero attached hydrogens (tertiary/aromatic N) is 1. The molecule has 1 aromatic rings. The molecule has 106 valence electrons. The number of nitrogens with two attached hydrogens (primary N) is 1. The third kappa shape index (κ3) is 4.58. The molecule has 1 aromatic carbocycles. The van der Waals surface area contributed by atoms with Crippen LogP contribution in [0.2, 0.25) is 0 Å². The first-order valence-corrected chi connectivity index (χ1v) is 6.82. The molecule has 1 unspecified atom stereocenters. The summed E-state index contributed by atoms with van der Waals surface area (Å²) in [5.74, 6) is 0.185. The van der Waals surface area contributed by atoms with Gasteiger partial charge < -0.3 is 10.6 Å². The Balaban J connectivity index is 2.56. The van der Waals surface area contributed by atoms with Crippen molar-refractivity contribution in [2.75, 3.05) is 12.8 Å². The Bertz CT molecular complexity index is 435. The molecule has 1 atom stereocenters. The maximum atomic E-state index is 12.2. The maximum Gasteiger partial charge on any atom is 0.222 e. The summed E-state index contributed by atoms with van der Waals surface area (Å²) in [6.07, 6.45) is 1.27. The van der Waals surface area contributed by atoms with Crippen LogP contribution in [0.5, 0.6) is 0 Å². The third-order valence-corrected chi connectivity index (χ3v) is 3.81. The Kier molecular flexibility index (Phi) is 4.98. The molecule has 3 nitrogen and oxygen atoms in total. The second-order valence-electron chi connectivity index (χ2n) is 6.29. The Morgan fingerprint density at radius 1 is 1.37 bits per heavy atom. The van der Waals surface area contributed by atoms with Gasteiger partial charge in [-0.25, -0.2) is 0 Å². The van der Waals surface area contributed by atoms with Gasteiger partial charge in [-0.15, -0.1) is 0 Å². The molecule has 2 N–H and O–H groups in total. The predicted octanol–water partition coefficient (Wildman–Crippen LogP) is 3.09. The lowest BCUT2D eigenvalue weighted by atomic mass is 9.87. The Morgan fingerprint density at radius 3 is 2.53 bits per heavy atom. The van der Waals surface area contributed by atoms with Gasteiger partial charge in [-0.3, -0.25) is 4.79 Å². The van der Waals surface area contributed by atoms with Gasteiger partial charge in [0.1, 0.15) is 0 Å². The molecule has 0 aromatic heterocycles. The minimum Gasteiger partial charge on any atom is -0.399 e. The van der Waals surface area contributed by atoms with E-state index in [1.807, 2.05) is 36.2 Å². The standard InChI is InChI=1S/C16H26N2O/c1-12(16(2,3)4)18(5)15(19)10-9-13-7-6-8-14(17)11-13/h6-8,11-12H,9-10,17H2,1-5H3. The molecule has 0 saturated carbocycles. The number of hydrogen-bond donors (Lipinski definition) is 1. The van der Waals surface area contributed by atoms with Crippen LogP contribution in [0.4, 0.5) is 5.69 Å². The van der Waals surface area contributed by atoms with Crippen LogP contribution < -0.4 is 5.73 Å². The number of carbonyl (C=O) groups excluding carboxylic acids is 1. The van der Waals surface area contributed by atoms with Crippen LogP contribution in [0.1, 0.15) is 39.7 Å². The SMILES string of the molecule is CC(N(C)C(=O)CCc1cccc(N)c1)C(C)(C)C. The number of nitrogen functional groups attached to an aromatic ring is 1. The first-order chi connectivity index (χ1) is 8.71. The van der Waals surface area contributed by atoms with Crippen molar-refractivity contribution < 1.29 is 4.79 Å². The molecule has 0 aliphatic heterocycles. The number of benzene rings is 1. The van der Waals surface area contributed by atoms with E-state index in [9.17, 15) is 4.79 Å². The second kappa shape index (κ2) is 6.09. The molecule has 0 aliphatic rings. The average molecular weight is 262 g/mol. The molecule has 0 spiro atoms. The van der Waals surface area contributed by atoms with Gasteiger partial charge >= 0.3 is 0 Å². The van der Waals surface area contributed by atoms with Gasteiger partial charge in [0.25, 0.3) is 0 Å². The third-order valence-electron chi connectivity index (χ3n) is 3.81. The van der Waals surface area contributed by atoms with Crippen molar-refractivity contribution in [3.63, 3.8) is 0 Å². The summed E-state index contributed by atoms with van der Waals surface area (Å²) in [5, 5.41) is 0. The first kappa shape index (κ1) is 15.5. The Morgan fingerprint density at radius 2 is 2.00 bits per heavy atom. The van der Waals surface area contributed by atoms with E-state index in [4.69, 9.17) is 5.73 Å². The van der Waals surface area contributed by atoms with Crippen LogP contribution in [-0.4, -0.2) is 23.9 Å². The minimum atomic E-state index is 0.0988. The molecule has 1 rings (SSSR count). The first-order valence-electron chi connectivity index (χ1n) is 6.82. The van der Waals surface area contributed by atoms with Crippen molar-refractivity contribution in [2.24, 2.45) is 5.41 Å². The van der Waals surface area contributed by atoms with E-state index in [0.29, 0.717) is 6.42 Å². The monoisotopic (exact) mass is 262 g/mol. The van der Waals surface area contributed by atoms with Crippen molar-refractivity contribution in [1.82, 2.24) is 4.90 Å². The lowest BCUT2D eigenvalue weighted by Crippen LogP contribution is -2.43. The smallest absolute Gasteiger partial charge is 0.222 e. The van der Waals surface area contributed by atoms with E-state index >= 15 is 0 Å². The fourth-order valence-corrected chi connectivity index (χ4v) is 1.97. The Labute approximate surface area is 116 Å². The van der Waals surface area contributed by atoms with Gasteiger partial charge in [-0.1, -0.05) is 32.9 Å². The van der Waals surface area contributed by atoms with Gasteiger partial charge in [0.2, 0.25) is 5.91 Å². The second-order valence-corrected chi connectivity index (χ2v) is 6.29.